The van der Waals surface area contributed by atoms with Crippen molar-refractivity contribution < 1.29 is 8.78 Å². The van der Waals surface area contributed by atoms with Crippen molar-refractivity contribution in [2.45, 2.75) is 45.5 Å². The molecule has 1 fully saturated rings. The second kappa shape index (κ2) is 5.47. The second-order valence-corrected chi connectivity index (χ2v) is 5.62. The van der Waals surface area contributed by atoms with Gasteiger partial charge in [0.2, 0.25) is 0 Å². The molecule has 102 valence electrons. The molecule has 0 aromatic carbocycles. The summed E-state index contributed by atoms with van der Waals surface area (Å²) < 4.78 is 26.1. The van der Waals surface area contributed by atoms with Gasteiger partial charge in [0.15, 0.2) is 0 Å². The first-order chi connectivity index (χ1) is 8.46. The second-order valence-electron chi connectivity index (χ2n) is 5.62. The summed E-state index contributed by atoms with van der Waals surface area (Å²) in [5.74, 6) is -1.97. The Kier molecular flexibility index (Phi) is 4.15. The molecule has 0 bridgehead atoms. The summed E-state index contributed by atoms with van der Waals surface area (Å²) in [6, 6.07) is 0. The van der Waals surface area contributed by atoms with E-state index < -0.39 is 5.92 Å². The SMILES string of the molecule is CC(C)C1=NC(CN2CCC(F)(F)CC2)=CCC1. The molecule has 0 spiro atoms. The fourth-order valence-electron chi connectivity index (χ4n) is 2.46. The van der Waals surface area contributed by atoms with Gasteiger partial charge in [-0.3, -0.25) is 9.89 Å². The molecule has 1 saturated heterocycles. The number of aliphatic imine (C=N–C) groups is 1. The number of alkyl halides is 2. The van der Waals surface area contributed by atoms with Crippen LogP contribution in [0.25, 0.3) is 0 Å². The molecule has 2 aliphatic rings. The van der Waals surface area contributed by atoms with Gasteiger partial charge >= 0.3 is 0 Å². The lowest BCUT2D eigenvalue weighted by atomic mass is 10.00. The van der Waals surface area contributed by atoms with E-state index in [0.29, 0.717) is 19.0 Å². The van der Waals surface area contributed by atoms with Crippen molar-refractivity contribution in [2.24, 2.45) is 10.9 Å². The average molecular weight is 256 g/mol. The number of nitrogens with zero attached hydrogens (tertiary/aromatic N) is 2. The van der Waals surface area contributed by atoms with Gasteiger partial charge in [-0.25, -0.2) is 8.78 Å². The van der Waals surface area contributed by atoms with E-state index in [0.717, 1.165) is 25.1 Å². The topological polar surface area (TPSA) is 15.6 Å². The van der Waals surface area contributed by atoms with E-state index in [-0.39, 0.29) is 12.8 Å². The van der Waals surface area contributed by atoms with Crippen LogP contribution in [0.5, 0.6) is 0 Å². The van der Waals surface area contributed by atoms with Gasteiger partial charge in [0.1, 0.15) is 0 Å². The molecule has 4 heteroatoms. The molecule has 2 heterocycles. The van der Waals surface area contributed by atoms with Crippen LogP contribution in [0, 0.1) is 5.92 Å². The van der Waals surface area contributed by atoms with Gasteiger partial charge in [0.05, 0.1) is 5.70 Å². The zero-order valence-corrected chi connectivity index (χ0v) is 11.3. The van der Waals surface area contributed by atoms with Gasteiger partial charge < -0.3 is 0 Å². The molecule has 0 saturated carbocycles. The Balaban J connectivity index is 1.89. The molecular formula is C14H22F2N2. The maximum Gasteiger partial charge on any atom is 0.250 e. The first-order valence-electron chi connectivity index (χ1n) is 6.83. The summed E-state index contributed by atoms with van der Waals surface area (Å²) in [6.07, 6.45) is 4.20. The Labute approximate surface area is 108 Å². The standard InChI is InChI=1S/C14H22F2N2/c1-11(2)13-5-3-4-12(17-13)10-18-8-6-14(15,16)7-9-18/h4,11H,3,5-10H2,1-2H3. The lowest BCUT2D eigenvalue weighted by Crippen LogP contribution is -2.40. The Hall–Kier alpha value is -0.770. The third kappa shape index (κ3) is 3.61. The van der Waals surface area contributed by atoms with Crippen molar-refractivity contribution in [1.29, 1.82) is 0 Å². The van der Waals surface area contributed by atoms with E-state index in [4.69, 9.17) is 0 Å². The molecular weight excluding hydrogens is 234 g/mol. The van der Waals surface area contributed by atoms with E-state index in [9.17, 15) is 8.78 Å². The fourth-order valence-corrected chi connectivity index (χ4v) is 2.46. The normalized spacial score (nSPS) is 24.9. The molecule has 0 amide bonds. The molecule has 2 rings (SSSR count). The maximum absolute atomic E-state index is 13.1. The minimum Gasteiger partial charge on any atom is -0.297 e. The van der Waals surface area contributed by atoms with Crippen LogP contribution in [-0.2, 0) is 0 Å². The van der Waals surface area contributed by atoms with E-state index in [1.54, 1.807) is 0 Å². The summed E-state index contributed by atoms with van der Waals surface area (Å²) in [4.78, 5) is 6.75. The first-order valence-corrected chi connectivity index (χ1v) is 6.83. The summed E-state index contributed by atoms with van der Waals surface area (Å²) >= 11 is 0. The lowest BCUT2D eigenvalue weighted by molar-refractivity contribution is -0.0535. The molecule has 0 radical (unpaired) electrons. The summed E-state index contributed by atoms with van der Waals surface area (Å²) in [6.45, 7) is 6.01. The van der Waals surface area contributed by atoms with Crippen LogP contribution < -0.4 is 0 Å². The van der Waals surface area contributed by atoms with Crippen LogP contribution in [0.4, 0.5) is 8.78 Å². The van der Waals surface area contributed by atoms with Gasteiger partial charge in [0.25, 0.3) is 5.92 Å². The number of hydrogen-bond donors (Lipinski definition) is 0. The van der Waals surface area contributed by atoms with Gasteiger partial charge in [-0.05, 0) is 18.8 Å². The van der Waals surface area contributed by atoms with E-state index in [2.05, 4.69) is 29.8 Å². The van der Waals surface area contributed by atoms with Crippen molar-refractivity contribution >= 4 is 5.71 Å². The van der Waals surface area contributed by atoms with Crippen LogP contribution in [0.3, 0.4) is 0 Å². The van der Waals surface area contributed by atoms with Crippen LogP contribution >= 0.6 is 0 Å². The smallest absolute Gasteiger partial charge is 0.250 e. The fraction of sp³-hybridized carbons (Fsp3) is 0.786. The van der Waals surface area contributed by atoms with Crippen LogP contribution in [0.2, 0.25) is 0 Å². The Morgan fingerprint density at radius 2 is 2.00 bits per heavy atom. The highest BCUT2D eigenvalue weighted by Gasteiger charge is 2.34. The van der Waals surface area contributed by atoms with Crippen molar-refractivity contribution in [2.75, 3.05) is 19.6 Å². The van der Waals surface area contributed by atoms with Crippen molar-refractivity contribution in [3.8, 4) is 0 Å². The minimum absolute atomic E-state index is 0.0129. The quantitative estimate of drug-likeness (QED) is 0.754. The predicted molar refractivity (Wildman–Crippen MR) is 70.2 cm³/mol. The Morgan fingerprint density at radius 1 is 1.33 bits per heavy atom. The first kappa shape index (κ1) is 13.7. The molecule has 18 heavy (non-hydrogen) atoms. The molecule has 0 N–H and O–H groups in total. The molecule has 2 nitrogen and oxygen atoms in total. The molecule has 0 unspecified atom stereocenters. The number of likely N-dealkylation sites (tertiary alicyclic amines) is 1. The summed E-state index contributed by atoms with van der Waals surface area (Å²) in [5, 5.41) is 0. The largest absolute Gasteiger partial charge is 0.297 e. The highest BCUT2D eigenvalue weighted by molar-refractivity contribution is 5.87. The molecule has 0 aromatic heterocycles. The third-order valence-corrected chi connectivity index (χ3v) is 3.71. The van der Waals surface area contributed by atoms with E-state index in [1.165, 1.54) is 5.71 Å². The number of hydrogen-bond acceptors (Lipinski definition) is 2. The highest BCUT2D eigenvalue weighted by atomic mass is 19.3. The van der Waals surface area contributed by atoms with Crippen molar-refractivity contribution in [3.63, 3.8) is 0 Å². The predicted octanol–water partition coefficient (Wildman–Crippen LogP) is 3.49. The zero-order chi connectivity index (χ0) is 13.2. The summed E-state index contributed by atoms with van der Waals surface area (Å²) in [5.41, 5.74) is 2.31. The molecule has 0 aliphatic carbocycles. The summed E-state index contributed by atoms with van der Waals surface area (Å²) in [7, 11) is 0. The third-order valence-electron chi connectivity index (χ3n) is 3.71. The van der Waals surface area contributed by atoms with Crippen LogP contribution in [0.1, 0.15) is 39.5 Å². The molecule has 2 aliphatic heterocycles. The molecule has 0 atom stereocenters. The number of rotatable bonds is 3. The monoisotopic (exact) mass is 256 g/mol. The Morgan fingerprint density at radius 3 is 2.61 bits per heavy atom. The van der Waals surface area contributed by atoms with Crippen LogP contribution in [0.15, 0.2) is 16.8 Å². The average Bonchev–Trinajstić information content (AvgIpc) is 2.32. The van der Waals surface area contributed by atoms with Gasteiger partial charge in [0, 0.05) is 38.2 Å². The van der Waals surface area contributed by atoms with Gasteiger partial charge in [-0.1, -0.05) is 19.9 Å². The van der Waals surface area contributed by atoms with E-state index in [1.807, 2.05) is 0 Å². The van der Waals surface area contributed by atoms with Crippen molar-refractivity contribution in [1.82, 2.24) is 4.90 Å². The minimum atomic E-state index is -2.45. The highest BCUT2D eigenvalue weighted by Crippen LogP contribution is 2.28. The maximum atomic E-state index is 13.1. The number of halogens is 2. The van der Waals surface area contributed by atoms with Crippen molar-refractivity contribution in [3.05, 3.63) is 11.8 Å². The molecule has 0 aromatic rings. The number of allylic oxidation sites excluding steroid dienone is 1. The van der Waals surface area contributed by atoms with E-state index >= 15 is 0 Å². The van der Waals surface area contributed by atoms with Gasteiger partial charge in [-0.2, -0.15) is 0 Å². The number of piperidine rings is 1. The van der Waals surface area contributed by atoms with Crippen LogP contribution in [-0.4, -0.2) is 36.2 Å². The lowest BCUT2D eigenvalue weighted by Gasteiger charge is -2.32. The Bertz CT molecular complexity index is 349. The zero-order valence-electron chi connectivity index (χ0n) is 11.3. The van der Waals surface area contributed by atoms with Gasteiger partial charge in [-0.15, -0.1) is 0 Å².